The zero-order valence-corrected chi connectivity index (χ0v) is 21.6. The first-order valence-electron chi connectivity index (χ1n) is 12.0. The van der Waals surface area contributed by atoms with Gasteiger partial charge in [-0.15, -0.1) is 11.8 Å². The molecular formula is C27H39NO4S. The van der Waals surface area contributed by atoms with Gasteiger partial charge in [-0.05, 0) is 48.6 Å². The van der Waals surface area contributed by atoms with Crippen molar-refractivity contribution in [2.24, 2.45) is 5.41 Å². The van der Waals surface area contributed by atoms with Gasteiger partial charge in [0.1, 0.15) is 12.0 Å². The van der Waals surface area contributed by atoms with Gasteiger partial charge in [-0.25, -0.2) is 0 Å². The van der Waals surface area contributed by atoms with E-state index >= 15 is 0 Å². The van der Waals surface area contributed by atoms with Crippen LogP contribution in [0.4, 0.5) is 5.69 Å². The number of benzene rings is 2. The Morgan fingerprint density at radius 2 is 1.64 bits per heavy atom. The van der Waals surface area contributed by atoms with Crippen molar-refractivity contribution in [3.05, 3.63) is 63.7 Å². The first kappa shape index (κ1) is 28.7. The van der Waals surface area contributed by atoms with Gasteiger partial charge in [0.05, 0.1) is 12.0 Å². The Balaban J connectivity index is 0.00000265. The highest BCUT2D eigenvalue weighted by Gasteiger charge is 2.29. The van der Waals surface area contributed by atoms with E-state index in [0.717, 1.165) is 66.6 Å². The van der Waals surface area contributed by atoms with Crippen LogP contribution >= 0.6 is 11.8 Å². The Kier molecular flexibility index (Phi) is 13.5. The van der Waals surface area contributed by atoms with Crippen molar-refractivity contribution in [1.29, 1.82) is 0 Å². The number of carbonyl (C=O) groups is 1. The highest BCUT2D eigenvalue weighted by atomic mass is 32.2. The van der Waals surface area contributed by atoms with Crippen molar-refractivity contribution < 1.29 is 14.5 Å². The van der Waals surface area contributed by atoms with Gasteiger partial charge in [0, 0.05) is 28.2 Å². The van der Waals surface area contributed by atoms with Crippen molar-refractivity contribution in [3.8, 4) is 5.75 Å². The van der Waals surface area contributed by atoms with Gasteiger partial charge in [0.25, 0.3) is 5.69 Å². The average Bonchev–Trinajstić information content (AvgIpc) is 2.86. The van der Waals surface area contributed by atoms with Crippen LogP contribution in [0, 0.1) is 15.5 Å². The summed E-state index contributed by atoms with van der Waals surface area (Å²) in [4.78, 5) is 24.1. The molecule has 5 nitrogen and oxygen atoms in total. The molecule has 33 heavy (non-hydrogen) atoms. The average molecular weight is 474 g/mol. The lowest BCUT2D eigenvalue weighted by Gasteiger charge is -2.28. The molecule has 0 aliphatic rings. The number of nitro groups is 1. The summed E-state index contributed by atoms with van der Waals surface area (Å²) in [5.41, 5.74) is 1.72. The maximum absolute atomic E-state index is 12.1. The molecule has 2 rings (SSSR count). The zero-order valence-electron chi connectivity index (χ0n) is 20.8. The molecule has 6 heteroatoms. The Bertz CT molecular complexity index is 844. The van der Waals surface area contributed by atoms with E-state index in [1.165, 1.54) is 0 Å². The van der Waals surface area contributed by atoms with E-state index in [1.807, 2.05) is 44.2 Å². The molecule has 0 amide bonds. The molecule has 2 aromatic rings. The Labute approximate surface area is 203 Å². The molecule has 2 aromatic carbocycles. The third-order valence-corrected chi connectivity index (χ3v) is 7.06. The van der Waals surface area contributed by atoms with Gasteiger partial charge in [-0.1, -0.05) is 65.5 Å². The highest BCUT2D eigenvalue weighted by Crippen LogP contribution is 2.38. The number of aldehydes is 1. The number of non-ortho nitro benzene ring substituents is 1. The molecule has 0 N–H and O–H groups in total. The molecule has 0 fully saturated rings. The standard InChI is InChI=1S/C25H33NO4S.C2H6/c1-4-6-14-25(18-27,15-7-5-2)19-31-24-13-10-22(26(28)29)17-21(24)16-20-8-11-23(30-3)12-9-20;1-2/h8-13,17-18H,4-7,14-16,19H2,1-3H3;1-2H3. The second kappa shape index (κ2) is 15.5. The zero-order chi connectivity index (χ0) is 24.7. The molecule has 0 saturated carbocycles. The smallest absolute Gasteiger partial charge is 0.269 e. The SMILES string of the molecule is CC.CCCCC(C=O)(CCCC)CSc1ccc([N+](=O)[O-])cc1Cc1ccc(OC)cc1. The molecular weight excluding hydrogens is 434 g/mol. The number of hydrogen-bond acceptors (Lipinski definition) is 5. The van der Waals surface area contributed by atoms with Crippen LogP contribution in [-0.4, -0.2) is 24.1 Å². The normalized spacial score (nSPS) is 10.8. The van der Waals surface area contributed by atoms with E-state index in [1.54, 1.807) is 31.0 Å². The largest absolute Gasteiger partial charge is 0.497 e. The summed E-state index contributed by atoms with van der Waals surface area (Å²) in [6, 6.07) is 12.8. The van der Waals surface area contributed by atoms with Gasteiger partial charge < -0.3 is 9.53 Å². The summed E-state index contributed by atoms with van der Waals surface area (Å²) in [5, 5.41) is 11.3. The lowest BCUT2D eigenvalue weighted by atomic mass is 9.81. The van der Waals surface area contributed by atoms with Crippen LogP contribution in [0.25, 0.3) is 0 Å². The van der Waals surface area contributed by atoms with E-state index in [-0.39, 0.29) is 16.0 Å². The maximum atomic E-state index is 12.1. The number of thioether (sulfide) groups is 1. The molecule has 0 aromatic heterocycles. The summed E-state index contributed by atoms with van der Waals surface area (Å²) in [6.45, 7) is 8.29. The fourth-order valence-corrected chi connectivity index (χ4v) is 4.90. The van der Waals surface area contributed by atoms with Crippen LogP contribution in [0.1, 0.15) is 77.3 Å². The van der Waals surface area contributed by atoms with Gasteiger partial charge in [0.15, 0.2) is 0 Å². The van der Waals surface area contributed by atoms with Crippen molar-refractivity contribution in [3.63, 3.8) is 0 Å². The summed E-state index contributed by atoms with van der Waals surface area (Å²) in [6.07, 6.45) is 7.71. The van der Waals surface area contributed by atoms with Crippen molar-refractivity contribution in [1.82, 2.24) is 0 Å². The monoisotopic (exact) mass is 473 g/mol. The third kappa shape index (κ3) is 9.20. The van der Waals surface area contributed by atoms with E-state index < -0.39 is 0 Å². The first-order chi connectivity index (χ1) is 16.0. The number of ether oxygens (including phenoxy) is 1. The van der Waals surface area contributed by atoms with E-state index in [9.17, 15) is 14.9 Å². The van der Waals surface area contributed by atoms with Crippen LogP contribution in [0.3, 0.4) is 0 Å². The minimum absolute atomic E-state index is 0.0893. The lowest BCUT2D eigenvalue weighted by molar-refractivity contribution is -0.385. The predicted molar refractivity (Wildman–Crippen MR) is 139 cm³/mol. The Morgan fingerprint density at radius 3 is 2.12 bits per heavy atom. The molecule has 0 heterocycles. The van der Waals surface area contributed by atoms with Crippen LogP contribution in [-0.2, 0) is 11.2 Å². The Hall–Kier alpha value is -2.34. The van der Waals surface area contributed by atoms with Gasteiger partial charge in [-0.3, -0.25) is 10.1 Å². The maximum Gasteiger partial charge on any atom is 0.269 e. The number of nitro benzene ring substituents is 1. The summed E-state index contributed by atoms with van der Waals surface area (Å²) in [7, 11) is 1.63. The summed E-state index contributed by atoms with van der Waals surface area (Å²) < 4.78 is 5.22. The number of hydrogen-bond donors (Lipinski definition) is 0. The topological polar surface area (TPSA) is 69.4 Å². The summed E-state index contributed by atoms with van der Waals surface area (Å²) >= 11 is 1.65. The van der Waals surface area contributed by atoms with Gasteiger partial charge in [0.2, 0.25) is 0 Å². The minimum Gasteiger partial charge on any atom is -0.497 e. The van der Waals surface area contributed by atoms with Crippen LogP contribution in [0.5, 0.6) is 5.75 Å². The Morgan fingerprint density at radius 1 is 1.03 bits per heavy atom. The first-order valence-corrected chi connectivity index (χ1v) is 12.9. The highest BCUT2D eigenvalue weighted by molar-refractivity contribution is 7.99. The van der Waals surface area contributed by atoms with Gasteiger partial charge >= 0.3 is 0 Å². The number of methoxy groups -OCH3 is 1. The molecule has 0 spiro atoms. The minimum atomic E-state index is -0.357. The number of unbranched alkanes of at least 4 members (excludes halogenated alkanes) is 2. The van der Waals surface area contributed by atoms with Crippen molar-refractivity contribution in [2.45, 2.75) is 77.5 Å². The number of rotatable bonds is 14. The molecule has 0 aliphatic heterocycles. The predicted octanol–water partition coefficient (Wildman–Crippen LogP) is 7.88. The number of carbonyl (C=O) groups excluding carboxylic acids is 1. The fourth-order valence-electron chi connectivity index (χ4n) is 3.62. The molecule has 0 unspecified atom stereocenters. The quantitative estimate of drug-likeness (QED) is 0.121. The second-order valence-electron chi connectivity index (χ2n) is 8.05. The number of nitrogens with zero attached hydrogens (tertiary/aromatic N) is 1. The lowest BCUT2D eigenvalue weighted by Crippen LogP contribution is -2.26. The molecule has 0 atom stereocenters. The third-order valence-electron chi connectivity index (χ3n) is 5.63. The molecule has 0 saturated heterocycles. The van der Waals surface area contributed by atoms with Crippen LogP contribution in [0.2, 0.25) is 0 Å². The van der Waals surface area contributed by atoms with Crippen molar-refractivity contribution in [2.75, 3.05) is 12.9 Å². The second-order valence-corrected chi connectivity index (χ2v) is 9.07. The van der Waals surface area contributed by atoms with Crippen LogP contribution in [0.15, 0.2) is 47.4 Å². The molecule has 0 bridgehead atoms. The van der Waals surface area contributed by atoms with Crippen LogP contribution < -0.4 is 4.74 Å². The van der Waals surface area contributed by atoms with E-state index in [2.05, 4.69) is 13.8 Å². The molecule has 182 valence electrons. The summed E-state index contributed by atoms with van der Waals surface area (Å²) in [5.74, 6) is 1.48. The van der Waals surface area contributed by atoms with Gasteiger partial charge in [-0.2, -0.15) is 0 Å². The van der Waals surface area contributed by atoms with E-state index in [0.29, 0.717) is 12.2 Å². The molecule has 0 aliphatic carbocycles. The van der Waals surface area contributed by atoms with E-state index in [4.69, 9.17) is 4.74 Å². The molecule has 0 radical (unpaired) electrons. The van der Waals surface area contributed by atoms with Crippen molar-refractivity contribution >= 4 is 23.7 Å². The fraction of sp³-hybridized carbons (Fsp3) is 0.519.